The van der Waals surface area contributed by atoms with Crippen LogP contribution in [0.1, 0.15) is 19.8 Å². The molecule has 0 aromatic heterocycles. The van der Waals surface area contributed by atoms with E-state index in [4.69, 9.17) is 0 Å². The summed E-state index contributed by atoms with van der Waals surface area (Å²) < 4.78 is 0. The Hall–Kier alpha value is -0.570. The highest BCUT2D eigenvalue weighted by Crippen LogP contribution is 2.37. The molecule has 1 N–H and O–H groups in total. The van der Waals surface area contributed by atoms with Gasteiger partial charge in [-0.25, -0.2) is 0 Å². The topological polar surface area (TPSA) is 32.3 Å². The number of carbonyl (C=O) groups is 1. The number of hydrogen-bond donors (Lipinski definition) is 1. The first kappa shape index (κ1) is 8.05. The van der Waals surface area contributed by atoms with Crippen molar-refractivity contribution >= 4 is 5.91 Å². The predicted octanol–water partition coefficient (Wildman–Crippen LogP) is 0.215. The fourth-order valence-electron chi connectivity index (χ4n) is 2.04. The fraction of sp³-hybridized carbons (Fsp3) is 0.889. The molecular weight excluding hydrogens is 152 g/mol. The van der Waals surface area contributed by atoms with Gasteiger partial charge in [-0.05, 0) is 25.8 Å². The maximum absolute atomic E-state index is 11.6. The van der Waals surface area contributed by atoms with E-state index >= 15 is 0 Å². The number of amides is 1. The van der Waals surface area contributed by atoms with Crippen LogP contribution in [0.2, 0.25) is 0 Å². The standard InChI is InChI=1S/C9H16N2O/c1-6-5-8(6)11-4-3-7(10-2)9(11)12/h6-8,10H,3-5H2,1-2H3. The van der Waals surface area contributed by atoms with Crippen molar-refractivity contribution in [1.82, 2.24) is 10.2 Å². The van der Waals surface area contributed by atoms with Crippen molar-refractivity contribution in [3.63, 3.8) is 0 Å². The number of likely N-dealkylation sites (N-methyl/N-ethyl adjacent to an activating group) is 1. The van der Waals surface area contributed by atoms with Gasteiger partial charge >= 0.3 is 0 Å². The highest BCUT2D eigenvalue weighted by atomic mass is 16.2. The lowest BCUT2D eigenvalue weighted by Gasteiger charge is -2.15. The Balaban J connectivity index is 1.97. The molecule has 0 spiro atoms. The Kier molecular flexibility index (Phi) is 1.83. The van der Waals surface area contributed by atoms with Crippen LogP contribution in [-0.4, -0.2) is 36.5 Å². The lowest BCUT2D eigenvalue weighted by Crippen LogP contribution is -2.37. The van der Waals surface area contributed by atoms with Crippen LogP contribution in [0.5, 0.6) is 0 Å². The molecule has 0 radical (unpaired) electrons. The monoisotopic (exact) mass is 168 g/mol. The van der Waals surface area contributed by atoms with Gasteiger partial charge in [-0.1, -0.05) is 6.92 Å². The third-order valence-corrected chi connectivity index (χ3v) is 3.06. The van der Waals surface area contributed by atoms with E-state index in [9.17, 15) is 4.79 Å². The normalized spacial score (nSPS) is 40.7. The van der Waals surface area contributed by atoms with E-state index < -0.39 is 0 Å². The van der Waals surface area contributed by atoms with Gasteiger partial charge in [-0.3, -0.25) is 4.79 Å². The van der Waals surface area contributed by atoms with E-state index in [2.05, 4.69) is 12.2 Å². The average Bonchev–Trinajstić information content (AvgIpc) is 2.63. The SMILES string of the molecule is CNC1CCN(C2CC2C)C1=O. The smallest absolute Gasteiger partial charge is 0.240 e. The Bertz CT molecular complexity index is 205. The Morgan fingerprint density at radius 1 is 1.58 bits per heavy atom. The lowest BCUT2D eigenvalue weighted by atomic mass is 10.3. The molecule has 1 amide bonds. The van der Waals surface area contributed by atoms with E-state index in [0.29, 0.717) is 11.9 Å². The minimum absolute atomic E-state index is 0.0952. The first-order valence-corrected chi connectivity index (χ1v) is 4.71. The van der Waals surface area contributed by atoms with E-state index in [-0.39, 0.29) is 6.04 Å². The molecule has 2 fully saturated rings. The summed E-state index contributed by atoms with van der Waals surface area (Å²) in [4.78, 5) is 13.7. The van der Waals surface area contributed by atoms with Crippen molar-refractivity contribution in [2.45, 2.75) is 31.8 Å². The molecule has 0 aromatic rings. The molecule has 1 saturated heterocycles. The zero-order valence-electron chi connectivity index (χ0n) is 7.71. The second-order valence-electron chi connectivity index (χ2n) is 3.94. The van der Waals surface area contributed by atoms with Crippen molar-refractivity contribution in [1.29, 1.82) is 0 Å². The van der Waals surface area contributed by atoms with Gasteiger partial charge in [0.25, 0.3) is 0 Å². The quantitative estimate of drug-likeness (QED) is 0.639. The maximum atomic E-state index is 11.6. The summed E-state index contributed by atoms with van der Waals surface area (Å²) in [6.45, 7) is 3.17. The van der Waals surface area contributed by atoms with Gasteiger partial charge in [0.05, 0.1) is 6.04 Å². The molecule has 1 heterocycles. The molecule has 1 aliphatic carbocycles. The molecule has 3 unspecified atom stereocenters. The van der Waals surface area contributed by atoms with Crippen LogP contribution in [0.4, 0.5) is 0 Å². The second kappa shape index (κ2) is 2.73. The van der Waals surface area contributed by atoms with Gasteiger partial charge in [-0.2, -0.15) is 0 Å². The number of hydrogen-bond acceptors (Lipinski definition) is 2. The summed E-state index contributed by atoms with van der Waals surface area (Å²) in [6.07, 6.45) is 2.20. The van der Waals surface area contributed by atoms with Gasteiger partial charge in [0.2, 0.25) is 5.91 Å². The molecule has 0 aromatic carbocycles. The summed E-state index contributed by atoms with van der Waals surface area (Å²) in [7, 11) is 1.86. The number of likely N-dealkylation sites (tertiary alicyclic amines) is 1. The number of nitrogens with zero attached hydrogens (tertiary/aromatic N) is 1. The molecular formula is C9H16N2O. The molecule has 1 saturated carbocycles. The van der Waals surface area contributed by atoms with Crippen LogP contribution >= 0.6 is 0 Å². The molecule has 2 aliphatic rings. The highest BCUT2D eigenvalue weighted by molar-refractivity contribution is 5.84. The minimum Gasteiger partial charge on any atom is -0.338 e. The zero-order valence-corrected chi connectivity index (χ0v) is 7.71. The second-order valence-corrected chi connectivity index (χ2v) is 3.94. The zero-order chi connectivity index (χ0) is 8.72. The summed E-state index contributed by atoms with van der Waals surface area (Å²) in [5.41, 5.74) is 0. The summed E-state index contributed by atoms with van der Waals surface area (Å²) in [5, 5.41) is 3.05. The van der Waals surface area contributed by atoms with Crippen molar-refractivity contribution in [3.05, 3.63) is 0 Å². The molecule has 0 bridgehead atoms. The minimum atomic E-state index is 0.0952. The van der Waals surface area contributed by atoms with Gasteiger partial charge < -0.3 is 10.2 Å². The number of carbonyl (C=O) groups excluding carboxylic acids is 1. The van der Waals surface area contributed by atoms with E-state index in [1.54, 1.807) is 0 Å². The van der Waals surface area contributed by atoms with Crippen LogP contribution in [0.3, 0.4) is 0 Å². The molecule has 3 nitrogen and oxygen atoms in total. The van der Waals surface area contributed by atoms with Gasteiger partial charge in [0.1, 0.15) is 0 Å². The highest BCUT2D eigenvalue weighted by Gasteiger charge is 2.44. The molecule has 3 heteroatoms. The van der Waals surface area contributed by atoms with Gasteiger partial charge in [0, 0.05) is 12.6 Å². The van der Waals surface area contributed by atoms with Crippen molar-refractivity contribution < 1.29 is 4.79 Å². The molecule has 12 heavy (non-hydrogen) atoms. The maximum Gasteiger partial charge on any atom is 0.240 e. The fourth-order valence-corrected chi connectivity index (χ4v) is 2.04. The van der Waals surface area contributed by atoms with E-state index in [1.165, 1.54) is 6.42 Å². The molecule has 2 rings (SSSR count). The average molecular weight is 168 g/mol. The first-order chi connectivity index (χ1) is 5.74. The summed E-state index contributed by atoms with van der Waals surface area (Å²) in [5.74, 6) is 1.05. The van der Waals surface area contributed by atoms with Crippen LogP contribution < -0.4 is 5.32 Å². The third kappa shape index (κ3) is 1.12. The predicted molar refractivity (Wildman–Crippen MR) is 46.7 cm³/mol. The first-order valence-electron chi connectivity index (χ1n) is 4.71. The Morgan fingerprint density at radius 3 is 2.67 bits per heavy atom. The van der Waals surface area contributed by atoms with Crippen LogP contribution in [0.15, 0.2) is 0 Å². The Labute approximate surface area is 73.1 Å². The van der Waals surface area contributed by atoms with Gasteiger partial charge in [-0.15, -0.1) is 0 Å². The molecule has 1 aliphatic heterocycles. The van der Waals surface area contributed by atoms with Crippen LogP contribution in [0, 0.1) is 5.92 Å². The van der Waals surface area contributed by atoms with Gasteiger partial charge in [0.15, 0.2) is 0 Å². The summed E-state index contributed by atoms with van der Waals surface area (Å²) in [6, 6.07) is 0.661. The van der Waals surface area contributed by atoms with Crippen molar-refractivity contribution in [2.75, 3.05) is 13.6 Å². The third-order valence-electron chi connectivity index (χ3n) is 3.06. The molecule has 68 valence electrons. The largest absolute Gasteiger partial charge is 0.338 e. The van der Waals surface area contributed by atoms with Crippen molar-refractivity contribution in [2.24, 2.45) is 5.92 Å². The lowest BCUT2D eigenvalue weighted by molar-refractivity contribution is -0.129. The van der Waals surface area contributed by atoms with Crippen molar-refractivity contribution in [3.8, 4) is 0 Å². The van der Waals surface area contributed by atoms with E-state index in [1.807, 2.05) is 11.9 Å². The van der Waals surface area contributed by atoms with E-state index in [0.717, 1.165) is 18.9 Å². The number of nitrogens with one attached hydrogen (secondary N) is 1. The van der Waals surface area contributed by atoms with Crippen LogP contribution in [0.25, 0.3) is 0 Å². The van der Waals surface area contributed by atoms with Crippen LogP contribution in [-0.2, 0) is 4.79 Å². The summed E-state index contributed by atoms with van der Waals surface area (Å²) >= 11 is 0. The number of rotatable bonds is 2. The Morgan fingerprint density at radius 2 is 2.25 bits per heavy atom. The molecule has 3 atom stereocenters.